The normalized spacial score (nSPS) is 11.3. The summed E-state index contributed by atoms with van der Waals surface area (Å²) in [5.74, 6) is -0.449. The fourth-order valence-corrected chi connectivity index (χ4v) is 2.20. The van der Waals surface area contributed by atoms with E-state index in [1.165, 1.54) is 17.4 Å². The zero-order chi connectivity index (χ0) is 14.0. The van der Waals surface area contributed by atoms with Crippen LogP contribution in [0.2, 0.25) is 0 Å². The summed E-state index contributed by atoms with van der Waals surface area (Å²) in [6.45, 7) is 6.09. The second kappa shape index (κ2) is 4.97. The Kier molecular flexibility index (Phi) is 3.53. The highest BCUT2D eigenvalue weighted by Crippen LogP contribution is 2.28. The van der Waals surface area contributed by atoms with Crippen LogP contribution in [-0.4, -0.2) is 21.2 Å². The van der Waals surface area contributed by atoms with Crippen LogP contribution >= 0.6 is 11.3 Å². The largest absolute Gasteiger partial charge is 0.507 e. The molecule has 1 aromatic carbocycles. The summed E-state index contributed by atoms with van der Waals surface area (Å²) < 4.78 is 0. The Morgan fingerprint density at radius 2 is 1.95 bits per heavy atom. The maximum absolute atomic E-state index is 12.0. The Hall–Kier alpha value is -1.95. The summed E-state index contributed by atoms with van der Waals surface area (Å²) in [7, 11) is 0. The molecular formula is C13H15N3O2S. The lowest BCUT2D eigenvalue weighted by Gasteiger charge is -2.12. The number of nitrogens with one attached hydrogen (secondary N) is 1. The second-order valence-corrected chi connectivity index (χ2v) is 6.11. The van der Waals surface area contributed by atoms with E-state index in [2.05, 4.69) is 15.5 Å². The van der Waals surface area contributed by atoms with Crippen LogP contribution in [-0.2, 0) is 5.41 Å². The number of hydrogen-bond donors (Lipinski definition) is 2. The minimum absolute atomic E-state index is 0.0550. The standard InChI is InChI=1S/C13H15N3O2S/c1-13(2,3)11-15-16-12(19-11)14-10(18)8-6-4-5-7-9(8)17/h4-7,17H,1-3H3,(H,14,16,18). The molecular weight excluding hydrogens is 262 g/mol. The van der Waals surface area contributed by atoms with E-state index >= 15 is 0 Å². The highest BCUT2D eigenvalue weighted by molar-refractivity contribution is 7.15. The molecule has 1 heterocycles. The molecule has 19 heavy (non-hydrogen) atoms. The molecule has 0 radical (unpaired) electrons. The Balaban J connectivity index is 2.16. The summed E-state index contributed by atoms with van der Waals surface area (Å²) in [4.78, 5) is 12.0. The van der Waals surface area contributed by atoms with E-state index in [0.717, 1.165) is 5.01 Å². The zero-order valence-corrected chi connectivity index (χ0v) is 11.8. The molecule has 0 spiro atoms. The number of amides is 1. The van der Waals surface area contributed by atoms with Gasteiger partial charge in [-0.1, -0.05) is 44.2 Å². The molecule has 0 aliphatic rings. The zero-order valence-electron chi connectivity index (χ0n) is 11.0. The van der Waals surface area contributed by atoms with Crippen LogP contribution in [0.3, 0.4) is 0 Å². The van der Waals surface area contributed by atoms with E-state index < -0.39 is 5.91 Å². The van der Waals surface area contributed by atoms with Crippen molar-refractivity contribution in [2.45, 2.75) is 26.2 Å². The molecule has 100 valence electrons. The van der Waals surface area contributed by atoms with Crippen molar-refractivity contribution in [1.82, 2.24) is 10.2 Å². The van der Waals surface area contributed by atoms with Gasteiger partial charge in [0.25, 0.3) is 5.91 Å². The third kappa shape index (κ3) is 3.08. The fraction of sp³-hybridized carbons (Fsp3) is 0.308. The maximum atomic E-state index is 12.0. The topological polar surface area (TPSA) is 75.1 Å². The molecule has 2 rings (SSSR count). The van der Waals surface area contributed by atoms with Crippen molar-refractivity contribution >= 4 is 22.4 Å². The van der Waals surface area contributed by atoms with Crippen LogP contribution in [0.15, 0.2) is 24.3 Å². The van der Waals surface area contributed by atoms with Gasteiger partial charge in [-0.3, -0.25) is 10.1 Å². The number of nitrogens with zero attached hydrogens (tertiary/aromatic N) is 2. The van der Waals surface area contributed by atoms with Gasteiger partial charge in [0.1, 0.15) is 10.8 Å². The first kappa shape index (κ1) is 13.5. The minimum atomic E-state index is -0.394. The molecule has 0 unspecified atom stereocenters. The molecule has 6 heteroatoms. The third-order valence-electron chi connectivity index (χ3n) is 2.44. The van der Waals surface area contributed by atoms with E-state index in [4.69, 9.17) is 0 Å². The van der Waals surface area contributed by atoms with Gasteiger partial charge in [0.05, 0.1) is 5.56 Å². The van der Waals surface area contributed by atoms with Crippen molar-refractivity contribution in [2.75, 3.05) is 5.32 Å². The lowest BCUT2D eigenvalue weighted by atomic mass is 9.98. The van der Waals surface area contributed by atoms with Crippen LogP contribution in [0.5, 0.6) is 5.75 Å². The highest BCUT2D eigenvalue weighted by atomic mass is 32.1. The maximum Gasteiger partial charge on any atom is 0.261 e. The number of phenolic OH excluding ortho intramolecular Hbond substituents is 1. The van der Waals surface area contributed by atoms with E-state index in [0.29, 0.717) is 5.13 Å². The smallest absolute Gasteiger partial charge is 0.261 e. The molecule has 0 saturated heterocycles. The molecule has 0 fully saturated rings. The number of para-hydroxylation sites is 1. The van der Waals surface area contributed by atoms with Gasteiger partial charge in [0.15, 0.2) is 0 Å². The summed E-state index contributed by atoms with van der Waals surface area (Å²) >= 11 is 1.33. The van der Waals surface area contributed by atoms with Crippen molar-refractivity contribution in [2.24, 2.45) is 0 Å². The van der Waals surface area contributed by atoms with Gasteiger partial charge in [-0.2, -0.15) is 0 Å². The first-order valence-corrected chi connectivity index (χ1v) is 6.63. The predicted octanol–water partition coefficient (Wildman–Crippen LogP) is 2.79. The number of benzene rings is 1. The first-order chi connectivity index (χ1) is 8.88. The van der Waals surface area contributed by atoms with Gasteiger partial charge in [-0.15, -0.1) is 10.2 Å². The quantitative estimate of drug-likeness (QED) is 0.885. The van der Waals surface area contributed by atoms with Crippen molar-refractivity contribution in [3.8, 4) is 5.75 Å². The first-order valence-electron chi connectivity index (χ1n) is 5.81. The summed E-state index contributed by atoms with van der Waals surface area (Å²) in [5, 5.41) is 21.5. The third-order valence-corrected chi connectivity index (χ3v) is 3.70. The second-order valence-electron chi connectivity index (χ2n) is 5.13. The molecule has 0 saturated carbocycles. The van der Waals surface area contributed by atoms with Crippen molar-refractivity contribution < 1.29 is 9.90 Å². The Labute approximate surface area is 115 Å². The monoisotopic (exact) mass is 277 g/mol. The molecule has 0 atom stereocenters. The summed E-state index contributed by atoms with van der Waals surface area (Å²) in [6, 6.07) is 6.37. The average molecular weight is 277 g/mol. The molecule has 0 bridgehead atoms. The fourth-order valence-electron chi connectivity index (χ4n) is 1.41. The Morgan fingerprint density at radius 3 is 2.53 bits per heavy atom. The van der Waals surface area contributed by atoms with Gasteiger partial charge in [0.2, 0.25) is 5.13 Å². The number of carbonyl (C=O) groups excluding carboxylic acids is 1. The van der Waals surface area contributed by atoms with Crippen LogP contribution < -0.4 is 5.32 Å². The lowest BCUT2D eigenvalue weighted by Crippen LogP contribution is -2.11. The van der Waals surface area contributed by atoms with Gasteiger partial charge in [-0.25, -0.2) is 0 Å². The lowest BCUT2D eigenvalue weighted by molar-refractivity contribution is 0.102. The van der Waals surface area contributed by atoms with Crippen LogP contribution in [0.1, 0.15) is 36.1 Å². The predicted molar refractivity (Wildman–Crippen MR) is 74.7 cm³/mol. The summed E-state index contributed by atoms with van der Waals surface area (Å²) in [5.41, 5.74) is 0.116. The highest BCUT2D eigenvalue weighted by Gasteiger charge is 2.20. The van der Waals surface area contributed by atoms with Crippen LogP contribution in [0, 0.1) is 0 Å². The molecule has 0 aliphatic carbocycles. The number of carbonyl (C=O) groups is 1. The Morgan fingerprint density at radius 1 is 1.26 bits per heavy atom. The molecule has 5 nitrogen and oxygen atoms in total. The Bertz CT molecular complexity index is 602. The summed E-state index contributed by atoms with van der Waals surface area (Å²) in [6.07, 6.45) is 0. The number of aromatic nitrogens is 2. The molecule has 2 N–H and O–H groups in total. The number of anilines is 1. The van der Waals surface area contributed by atoms with Gasteiger partial charge in [0, 0.05) is 5.41 Å². The van der Waals surface area contributed by atoms with Crippen molar-refractivity contribution in [3.05, 3.63) is 34.8 Å². The molecule has 1 amide bonds. The van der Waals surface area contributed by atoms with Crippen LogP contribution in [0.25, 0.3) is 0 Å². The van der Waals surface area contributed by atoms with Gasteiger partial charge >= 0.3 is 0 Å². The van der Waals surface area contributed by atoms with E-state index in [1.54, 1.807) is 18.2 Å². The SMILES string of the molecule is CC(C)(C)c1nnc(NC(=O)c2ccccc2O)s1. The minimum Gasteiger partial charge on any atom is -0.507 e. The number of phenols is 1. The van der Waals surface area contributed by atoms with Crippen molar-refractivity contribution in [1.29, 1.82) is 0 Å². The van der Waals surface area contributed by atoms with E-state index in [-0.39, 0.29) is 16.7 Å². The number of rotatable bonds is 2. The van der Waals surface area contributed by atoms with E-state index in [9.17, 15) is 9.90 Å². The van der Waals surface area contributed by atoms with Gasteiger partial charge < -0.3 is 5.11 Å². The molecule has 2 aromatic rings. The van der Waals surface area contributed by atoms with Crippen LogP contribution in [0.4, 0.5) is 5.13 Å². The van der Waals surface area contributed by atoms with E-state index in [1.807, 2.05) is 20.8 Å². The number of aromatic hydroxyl groups is 1. The number of hydrogen-bond acceptors (Lipinski definition) is 5. The van der Waals surface area contributed by atoms with Crippen molar-refractivity contribution in [3.63, 3.8) is 0 Å². The molecule has 0 aliphatic heterocycles. The molecule has 1 aromatic heterocycles. The average Bonchev–Trinajstić information content (AvgIpc) is 2.77. The van der Waals surface area contributed by atoms with Gasteiger partial charge in [-0.05, 0) is 12.1 Å².